The molecule has 0 aromatic heterocycles. The molecular formula is C34H69NO2. The fraction of sp³-hybridized carbons (Fsp3) is 0.912. The molecule has 0 saturated carbocycles. The standard InChI is InChI=1S/C18H37N.C16H32O2/c1-2-3-4-5-6-7-8-9-10-11-12-13-14-15-16-17-18-19;1-2-3-4-5-6-7-8-9-10-11-12-13-14-15-16(17)18/h9-10H,2-8,11-19H2,1H3;2-15H2,1H3,(H,17,18)/b10-9+;. The molecule has 0 fully saturated rings. The maximum absolute atomic E-state index is 10.3. The molecule has 222 valence electrons. The second kappa shape index (κ2) is 37.3. The quantitative estimate of drug-likeness (QED) is 0.0756. The van der Waals surface area contributed by atoms with Crippen molar-refractivity contribution < 1.29 is 9.90 Å². The third kappa shape index (κ3) is 42.5. The summed E-state index contributed by atoms with van der Waals surface area (Å²) in [5.41, 5.74) is 5.47. The maximum Gasteiger partial charge on any atom is 0.303 e. The van der Waals surface area contributed by atoms with Crippen molar-refractivity contribution in [1.82, 2.24) is 0 Å². The van der Waals surface area contributed by atoms with Gasteiger partial charge in [-0.2, -0.15) is 0 Å². The Morgan fingerprint density at radius 3 is 1.11 bits per heavy atom. The summed E-state index contributed by atoms with van der Waals surface area (Å²) in [6.07, 6.45) is 41.2. The zero-order valence-corrected chi connectivity index (χ0v) is 25.6. The third-order valence-electron chi connectivity index (χ3n) is 7.21. The minimum absolute atomic E-state index is 0.345. The molecule has 0 aromatic carbocycles. The number of rotatable bonds is 29. The van der Waals surface area contributed by atoms with Gasteiger partial charge in [0.1, 0.15) is 0 Å². The molecule has 3 N–H and O–H groups in total. The number of carboxylic acid groups (broad SMARTS) is 1. The molecule has 0 heterocycles. The van der Waals surface area contributed by atoms with Crippen molar-refractivity contribution in [3.63, 3.8) is 0 Å². The minimum Gasteiger partial charge on any atom is -0.481 e. The highest BCUT2D eigenvalue weighted by molar-refractivity contribution is 5.66. The van der Waals surface area contributed by atoms with Crippen molar-refractivity contribution in [3.05, 3.63) is 12.2 Å². The van der Waals surface area contributed by atoms with E-state index in [9.17, 15) is 4.79 Å². The van der Waals surface area contributed by atoms with Crippen LogP contribution in [0.2, 0.25) is 0 Å². The van der Waals surface area contributed by atoms with Crippen LogP contribution in [0.4, 0.5) is 0 Å². The number of allylic oxidation sites excluding steroid dienone is 2. The smallest absolute Gasteiger partial charge is 0.303 e. The molecule has 0 unspecified atom stereocenters. The molecule has 3 nitrogen and oxygen atoms in total. The molecule has 37 heavy (non-hydrogen) atoms. The van der Waals surface area contributed by atoms with Gasteiger partial charge in [0, 0.05) is 6.42 Å². The van der Waals surface area contributed by atoms with Crippen molar-refractivity contribution in [2.24, 2.45) is 5.73 Å². The summed E-state index contributed by atoms with van der Waals surface area (Å²) in [6, 6.07) is 0. The predicted octanol–water partition coefficient (Wildman–Crippen LogP) is 11.5. The van der Waals surface area contributed by atoms with Gasteiger partial charge >= 0.3 is 5.97 Å². The number of unbranched alkanes of at least 4 members (excludes halogenated alkanes) is 24. The largest absolute Gasteiger partial charge is 0.481 e. The fourth-order valence-electron chi connectivity index (χ4n) is 4.69. The molecule has 0 atom stereocenters. The number of carboxylic acids is 1. The van der Waals surface area contributed by atoms with Gasteiger partial charge in [-0.1, -0.05) is 161 Å². The Bertz CT molecular complexity index is 436. The first-order chi connectivity index (χ1) is 18.2. The normalized spacial score (nSPS) is 11.1. The summed E-state index contributed by atoms with van der Waals surface area (Å²) in [4.78, 5) is 10.3. The van der Waals surface area contributed by atoms with Crippen LogP contribution in [0.1, 0.15) is 194 Å². The topological polar surface area (TPSA) is 63.3 Å². The molecule has 0 saturated heterocycles. The molecule has 0 aliphatic rings. The van der Waals surface area contributed by atoms with Gasteiger partial charge in [0.2, 0.25) is 0 Å². The molecule has 0 rings (SSSR count). The molecule has 0 bridgehead atoms. The summed E-state index contributed by atoms with van der Waals surface area (Å²) in [6.45, 7) is 5.40. The zero-order chi connectivity index (χ0) is 27.5. The van der Waals surface area contributed by atoms with E-state index in [4.69, 9.17) is 10.8 Å². The van der Waals surface area contributed by atoms with Gasteiger partial charge in [-0.3, -0.25) is 4.79 Å². The van der Waals surface area contributed by atoms with Gasteiger partial charge in [0.05, 0.1) is 0 Å². The second-order valence-electron chi connectivity index (χ2n) is 11.1. The number of nitrogens with two attached hydrogens (primary N) is 1. The Kier molecular flexibility index (Phi) is 38.7. The van der Waals surface area contributed by atoms with Crippen molar-refractivity contribution in [2.75, 3.05) is 6.54 Å². The molecule has 0 aromatic rings. The zero-order valence-electron chi connectivity index (χ0n) is 25.6. The van der Waals surface area contributed by atoms with E-state index in [1.165, 1.54) is 161 Å². The lowest BCUT2D eigenvalue weighted by Gasteiger charge is -2.02. The number of hydrogen-bond acceptors (Lipinski definition) is 2. The van der Waals surface area contributed by atoms with Crippen LogP contribution in [0.5, 0.6) is 0 Å². The number of aliphatic carboxylic acids is 1. The van der Waals surface area contributed by atoms with Crippen molar-refractivity contribution in [1.29, 1.82) is 0 Å². The highest BCUT2D eigenvalue weighted by atomic mass is 16.4. The van der Waals surface area contributed by atoms with E-state index in [0.29, 0.717) is 6.42 Å². The van der Waals surface area contributed by atoms with Gasteiger partial charge in [-0.25, -0.2) is 0 Å². The monoisotopic (exact) mass is 524 g/mol. The third-order valence-corrected chi connectivity index (χ3v) is 7.21. The van der Waals surface area contributed by atoms with E-state index < -0.39 is 5.97 Å². The lowest BCUT2D eigenvalue weighted by Crippen LogP contribution is -1.97. The van der Waals surface area contributed by atoms with Crippen LogP contribution in [0.15, 0.2) is 12.2 Å². The van der Waals surface area contributed by atoms with E-state index in [1.54, 1.807) is 0 Å². The highest BCUT2D eigenvalue weighted by Crippen LogP contribution is 2.13. The Morgan fingerprint density at radius 1 is 0.486 bits per heavy atom. The molecular weight excluding hydrogens is 454 g/mol. The van der Waals surface area contributed by atoms with Crippen LogP contribution in [0.3, 0.4) is 0 Å². The summed E-state index contributed by atoms with van der Waals surface area (Å²) < 4.78 is 0. The first-order valence-electron chi connectivity index (χ1n) is 16.8. The predicted molar refractivity (Wildman–Crippen MR) is 166 cm³/mol. The van der Waals surface area contributed by atoms with E-state index in [-0.39, 0.29) is 0 Å². The second-order valence-corrected chi connectivity index (χ2v) is 11.1. The summed E-state index contributed by atoms with van der Waals surface area (Å²) >= 11 is 0. The first-order valence-corrected chi connectivity index (χ1v) is 16.8. The average molecular weight is 524 g/mol. The van der Waals surface area contributed by atoms with Crippen molar-refractivity contribution >= 4 is 5.97 Å². The van der Waals surface area contributed by atoms with E-state index >= 15 is 0 Å². The molecule has 0 spiro atoms. The Hall–Kier alpha value is -0.830. The van der Waals surface area contributed by atoms with Gasteiger partial charge in [-0.15, -0.1) is 0 Å². The van der Waals surface area contributed by atoms with Crippen LogP contribution in [-0.4, -0.2) is 17.6 Å². The Morgan fingerprint density at radius 2 is 0.784 bits per heavy atom. The molecule has 0 radical (unpaired) electrons. The molecule has 0 aliphatic heterocycles. The van der Waals surface area contributed by atoms with Crippen molar-refractivity contribution in [2.45, 2.75) is 194 Å². The molecule has 0 aliphatic carbocycles. The van der Waals surface area contributed by atoms with Crippen LogP contribution in [0.25, 0.3) is 0 Å². The lowest BCUT2D eigenvalue weighted by molar-refractivity contribution is -0.137. The molecule has 0 amide bonds. The van der Waals surface area contributed by atoms with Gasteiger partial charge in [0.15, 0.2) is 0 Å². The number of hydrogen-bond donors (Lipinski definition) is 2. The van der Waals surface area contributed by atoms with Crippen LogP contribution < -0.4 is 5.73 Å². The molecule has 3 heteroatoms. The van der Waals surface area contributed by atoms with Gasteiger partial charge < -0.3 is 10.8 Å². The van der Waals surface area contributed by atoms with Crippen LogP contribution in [-0.2, 0) is 4.79 Å². The Labute approximate surface area is 233 Å². The summed E-state index contributed by atoms with van der Waals surface area (Å²) in [5, 5.41) is 8.49. The highest BCUT2D eigenvalue weighted by Gasteiger charge is 1.97. The lowest BCUT2D eigenvalue weighted by atomic mass is 10.0. The van der Waals surface area contributed by atoms with Gasteiger partial charge in [-0.05, 0) is 45.1 Å². The van der Waals surface area contributed by atoms with E-state index in [2.05, 4.69) is 26.0 Å². The maximum atomic E-state index is 10.3. The number of carbonyl (C=O) groups is 1. The first kappa shape index (κ1) is 38.3. The Balaban J connectivity index is 0. The SMILES string of the molecule is CCCCCCCC/C=C/CCCCCCCCN.CCCCCCCCCCCCCCCC(=O)O. The fourth-order valence-corrected chi connectivity index (χ4v) is 4.69. The van der Waals surface area contributed by atoms with Gasteiger partial charge in [0.25, 0.3) is 0 Å². The van der Waals surface area contributed by atoms with E-state index in [0.717, 1.165) is 19.4 Å². The van der Waals surface area contributed by atoms with Crippen molar-refractivity contribution in [3.8, 4) is 0 Å². The van der Waals surface area contributed by atoms with Crippen LogP contribution in [0, 0.1) is 0 Å². The minimum atomic E-state index is -0.655. The van der Waals surface area contributed by atoms with Crippen LogP contribution >= 0.6 is 0 Å². The van der Waals surface area contributed by atoms with E-state index in [1.807, 2.05) is 0 Å². The summed E-state index contributed by atoms with van der Waals surface area (Å²) in [5.74, 6) is -0.655. The summed E-state index contributed by atoms with van der Waals surface area (Å²) in [7, 11) is 0. The average Bonchev–Trinajstić information content (AvgIpc) is 2.89.